The van der Waals surface area contributed by atoms with Gasteiger partial charge in [-0.25, -0.2) is 19.0 Å². The van der Waals surface area contributed by atoms with Crippen LogP contribution in [0.4, 0.5) is 24.8 Å². The summed E-state index contributed by atoms with van der Waals surface area (Å²) in [6.45, 7) is 0.468. The van der Waals surface area contributed by atoms with E-state index in [2.05, 4.69) is 20.4 Å². The molecule has 1 fully saturated rings. The molecule has 5 amide bonds. The van der Waals surface area contributed by atoms with Gasteiger partial charge < -0.3 is 19.7 Å². The highest BCUT2D eigenvalue weighted by molar-refractivity contribution is 7.14. The number of carbonyl (C=O) groups is 4. The number of nitrogens with zero attached hydrogens (tertiary/aromatic N) is 2. The Morgan fingerprint density at radius 3 is 2.69 bits per heavy atom. The number of morpholine rings is 1. The van der Waals surface area contributed by atoms with Gasteiger partial charge in [-0.1, -0.05) is 0 Å². The summed E-state index contributed by atoms with van der Waals surface area (Å²) in [7, 11) is 0. The number of nitrogens with one attached hydrogen (secondary N) is 3. The van der Waals surface area contributed by atoms with Crippen molar-refractivity contribution < 1.29 is 33.0 Å². The summed E-state index contributed by atoms with van der Waals surface area (Å²) in [6.07, 6.45) is 0.276. The molecule has 3 rings (SSSR count). The topological polar surface area (TPSA) is 139 Å². The van der Waals surface area contributed by atoms with Crippen LogP contribution in [0, 0.1) is 0 Å². The maximum Gasteiger partial charge on any atom is 0.414 e. The largest absolute Gasteiger partial charge is 0.446 e. The maximum atomic E-state index is 12.7. The van der Waals surface area contributed by atoms with Crippen molar-refractivity contribution in [2.75, 3.05) is 50.2 Å². The third kappa shape index (κ3) is 6.21. The van der Waals surface area contributed by atoms with Crippen LogP contribution in [0.2, 0.25) is 0 Å². The summed E-state index contributed by atoms with van der Waals surface area (Å²) in [5.41, 5.74) is 0.231. The fourth-order valence-electron chi connectivity index (χ4n) is 2.68. The minimum atomic E-state index is -1.09. The molecule has 3 heterocycles. The zero-order chi connectivity index (χ0) is 22.9. The van der Waals surface area contributed by atoms with Crippen LogP contribution in [-0.4, -0.2) is 73.4 Å². The Morgan fingerprint density at radius 1 is 1.16 bits per heavy atom. The number of carbonyl (C=O) groups excluding carboxylic acids is 4. The monoisotopic (exact) mass is 465 g/mol. The molecule has 1 aliphatic heterocycles. The molecule has 2 aromatic heterocycles. The van der Waals surface area contributed by atoms with Crippen LogP contribution in [0.15, 0.2) is 29.8 Å². The van der Waals surface area contributed by atoms with E-state index in [0.29, 0.717) is 26.3 Å². The number of pyridine rings is 1. The zero-order valence-corrected chi connectivity index (χ0v) is 17.6. The Kier molecular flexibility index (Phi) is 8.05. The lowest BCUT2D eigenvalue weighted by molar-refractivity contribution is 0.0564. The fourth-order valence-corrected chi connectivity index (χ4v) is 3.46. The molecule has 0 unspecified atom stereocenters. The molecule has 2 aromatic rings. The summed E-state index contributed by atoms with van der Waals surface area (Å²) in [5, 5.41) is 8.92. The number of ether oxygens (including phenoxy) is 2. The minimum Gasteiger partial charge on any atom is -0.446 e. The van der Waals surface area contributed by atoms with Gasteiger partial charge in [0, 0.05) is 24.8 Å². The van der Waals surface area contributed by atoms with Gasteiger partial charge in [0.25, 0.3) is 11.8 Å². The molecule has 0 aromatic carbocycles. The maximum absolute atomic E-state index is 12.7. The molecule has 0 aliphatic carbocycles. The lowest BCUT2D eigenvalue weighted by Gasteiger charge is -2.26. The SMILES string of the molecule is O=C(NC(=O)c1ccsc1NC(=O)c1ccnc(NC(=O)N2CCOCC2)c1)OCCF. The highest BCUT2D eigenvalue weighted by Gasteiger charge is 2.20. The van der Waals surface area contributed by atoms with Crippen LogP contribution >= 0.6 is 11.3 Å². The molecule has 0 bridgehead atoms. The first-order valence-electron chi connectivity index (χ1n) is 9.50. The first-order chi connectivity index (χ1) is 15.5. The van der Waals surface area contributed by atoms with E-state index in [0.717, 1.165) is 11.3 Å². The first kappa shape index (κ1) is 23.1. The van der Waals surface area contributed by atoms with Crippen molar-refractivity contribution in [1.82, 2.24) is 15.2 Å². The van der Waals surface area contributed by atoms with Crippen molar-refractivity contribution in [3.05, 3.63) is 40.9 Å². The van der Waals surface area contributed by atoms with Gasteiger partial charge >= 0.3 is 12.1 Å². The van der Waals surface area contributed by atoms with Gasteiger partial charge in [0.15, 0.2) is 0 Å². The molecule has 11 nitrogen and oxygen atoms in total. The second-order valence-electron chi connectivity index (χ2n) is 6.36. The summed E-state index contributed by atoms with van der Waals surface area (Å²) >= 11 is 1.07. The van der Waals surface area contributed by atoms with E-state index in [1.165, 1.54) is 24.4 Å². The predicted molar refractivity (Wildman–Crippen MR) is 113 cm³/mol. The van der Waals surface area contributed by atoms with E-state index in [9.17, 15) is 23.6 Å². The predicted octanol–water partition coefficient (Wildman–Crippen LogP) is 2.10. The smallest absolute Gasteiger partial charge is 0.414 e. The standard InChI is InChI=1S/C19H20FN5O6S/c20-3-7-31-19(29)24-16(27)13-2-10-32-17(13)23-15(26)12-1-4-21-14(11-12)22-18(28)25-5-8-30-9-6-25/h1-2,4,10-11H,3,5-9H2,(H,23,26)(H,21,22,28)(H,24,27,29). The van der Waals surface area contributed by atoms with Gasteiger partial charge in [-0.05, 0) is 23.6 Å². The molecule has 0 atom stereocenters. The van der Waals surface area contributed by atoms with Crippen molar-refractivity contribution in [2.24, 2.45) is 0 Å². The highest BCUT2D eigenvalue weighted by Crippen LogP contribution is 2.24. The number of thiophene rings is 1. The third-order valence-electron chi connectivity index (χ3n) is 4.22. The fraction of sp³-hybridized carbons (Fsp3) is 0.316. The van der Waals surface area contributed by atoms with Crippen LogP contribution in [0.5, 0.6) is 0 Å². The Bertz CT molecular complexity index is 994. The van der Waals surface area contributed by atoms with Crippen LogP contribution in [0.1, 0.15) is 20.7 Å². The molecule has 13 heteroatoms. The lowest BCUT2D eigenvalue weighted by atomic mass is 10.2. The molecule has 0 radical (unpaired) electrons. The van der Waals surface area contributed by atoms with E-state index < -0.39 is 31.2 Å². The Labute approximate surface area is 185 Å². The number of rotatable bonds is 6. The lowest BCUT2D eigenvalue weighted by Crippen LogP contribution is -2.43. The number of urea groups is 1. The molecular weight excluding hydrogens is 445 g/mol. The number of hydrogen-bond donors (Lipinski definition) is 3. The number of hydrogen-bond acceptors (Lipinski definition) is 8. The van der Waals surface area contributed by atoms with E-state index in [1.54, 1.807) is 10.3 Å². The van der Waals surface area contributed by atoms with Crippen LogP contribution in [-0.2, 0) is 9.47 Å². The van der Waals surface area contributed by atoms with E-state index in [4.69, 9.17) is 4.74 Å². The molecular formula is C19H20FN5O6S. The highest BCUT2D eigenvalue weighted by atomic mass is 32.1. The summed E-state index contributed by atoms with van der Waals surface area (Å²) in [5.74, 6) is -1.17. The quantitative estimate of drug-likeness (QED) is 0.594. The van der Waals surface area contributed by atoms with Crippen molar-refractivity contribution in [1.29, 1.82) is 0 Å². The van der Waals surface area contributed by atoms with Crippen molar-refractivity contribution >= 4 is 46.1 Å². The van der Waals surface area contributed by atoms with Crippen LogP contribution < -0.4 is 16.0 Å². The van der Waals surface area contributed by atoms with Gasteiger partial charge in [0.2, 0.25) is 0 Å². The minimum absolute atomic E-state index is 0.0375. The number of halogens is 1. The number of anilines is 2. The van der Waals surface area contributed by atoms with Gasteiger partial charge in [0.05, 0.1) is 18.8 Å². The summed E-state index contributed by atoms with van der Waals surface area (Å²) < 4.78 is 21.7. The van der Waals surface area contributed by atoms with E-state index in [1.807, 2.05) is 5.32 Å². The van der Waals surface area contributed by atoms with Crippen molar-refractivity contribution in [3.63, 3.8) is 0 Å². The Balaban J connectivity index is 1.62. The molecule has 1 saturated heterocycles. The van der Waals surface area contributed by atoms with Gasteiger partial charge in [-0.3, -0.25) is 20.2 Å². The second-order valence-corrected chi connectivity index (χ2v) is 7.27. The Hall–Kier alpha value is -3.58. The van der Waals surface area contributed by atoms with Crippen LogP contribution in [0.25, 0.3) is 0 Å². The van der Waals surface area contributed by atoms with Gasteiger partial charge in [0.1, 0.15) is 24.1 Å². The number of aromatic nitrogens is 1. The summed E-state index contributed by atoms with van der Waals surface area (Å²) in [6, 6.07) is 3.91. The molecule has 0 spiro atoms. The molecule has 0 saturated carbocycles. The van der Waals surface area contributed by atoms with E-state index in [-0.39, 0.29) is 28.0 Å². The number of alkyl halides is 1. The Morgan fingerprint density at radius 2 is 1.94 bits per heavy atom. The third-order valence-corrected chi connectivity index (χ3v) is 5.05. The van der Waals surface area contributed by atoms with Crippen molar-refractivity contribution in [2.45, 2.75) is 0 Å². The van der Waals surface area contributed by atoms with E-state index >= 15 is 0 Å². The summed E-state index contributed by atoms with van der Waals surface area (Å²) in [4.78, 5) is 54.2. The molecule has 170 valence electrons. The number of imide groups is 1. The average Bonchev–Trinajstić information content (AvgIpc) is 3.26. The first-order valence-corrected chi connectivity index (χ1v) is 10.4. The van der Waals surface area contributed by atoms with Crippen LogP contribution in [0.3, 0.4) is 0 Å². The average molecular weight is 465 g/mol. The van der Waals surface area contributed by atoms with Gasteiger partial charge in [-0.15, -0.1) is 11.3 Å². The second kappa shape index (κ2) is 11.2. The molecule has 32 heavy (non-hydrogen) atoms. The van der Waals surface area contributed by atoms with Crippen molar-refractivity contribution in [3.8, 4) is 0 Å². The molecule has 1 aliphatic rings. The molecule has 3 N–H and O–H groups in total. The number of amides is 5. The zero-order valence-electron chi connectivity index (χ0n) is 16.8. The number of alkyl carbamates (subject to hydrolysis) is 1. The van der Waals surface area contributed by atoms with Gasteiger partial charge in [-0.2, -0.15) is 0 Å². The normalized spacial score (nSPS) is 13.2.